The quantitative estimate of drug-likeness (QED) is 0.666. The number of hydrogen-bond acceptors (Lipinski definition) is 7. The second kappa shape index (κ2) is 10.5. The molecule has 0 saturated heterocycles. The van der Waals surface area contributed by atoms with Crippen molar-refractivity contribution in [3.05, 3.63) is 17.7 Å². The van der Waals surface area contributed by atoms with Gasteiger partial charge in [0.25, 0.3) is 5.91 Å². The average Bonchev–Trinajstić information content (AvgIpc) is 2.72. The molecule has 0 unspecified atom stereocenters. The molecule has 1 aliphatic rings. The molecule has 0 heterocycles. The van der Waals surface area contributed by atoms with Gasteiger partial charge in [-0.2, -0.15) is 0 Å². The van der Waals surface area contributed by atoms with Crippen LogP contribution in [0.4, 0.5) is 4.79 Å². The van der Waals surface area contributed by atoms with E-state index in [2.05, 4.69) is 17.6 Å². The first-order chi connectivity index (χ1) is 13.9. The number of urea groups is 1. The van der Waals surface area contributed by atoms with Gasteiger partial charge in [-0.1, -0.05) is 19.8 Å². The van der Waals surface area contributed by atoms with Gasteiger partial charge in [-0.15, -0.1) is 0 Å². The lowest BCUT2D eigenvalue weighted by Gasteiger charge is -2.29. The molecule has 0 aromatic heterocycles. The van der Waals surface area contributed by atoms with Crippen LogP contribution in [0.1, 0.15) is 43.0 Å². The molecule has 2 N–H and O–H groups in total. The first kappa shape index (κ1) is 22.3. The van der Waals surface area contributed by atoms with Crippen LogP contribution >= 0.6 is 0 Å². The molecule has 1 aromatic rings. The fraction of sp³-hybridized carbons (Fsp3) is 0.550. The molecule has 2 rings (SSSR count). The number of benzene rings is 1. The van der Waals surface area contributed by atoms with Crippen molar-refractivity contribution in [2.75, 3.05) is 27.9 Å². The molecule has 0 aliphatic heterocycles. The van der Waals surface area contributed by atoms with Gasteiger partial charge in [-0.25, -0.2) is 9.59 Å². The number of amides is 3. The summed E-state index contributed by atoms with van der Waals surface area (Å²) in [6.07, 6.45) is 4.14. The maximum atomic E-state index is 12.3. The number of hydrogen-bond donors (Lipinski definition) is 2. The summed E-state index contributed by atoms with van der Waals surface area (Å²) in [6.45, 7) is 1.48. The van der Waals surface area contributed by atoms with Gasteiger partial charge in [0.15, 0.2) is 18.1 Å². The SMILES string of the molecule is COc1cc(C(=O)OCC(=O)NC(=O)N[C@H]2CCCC[C@H]2C)cc(OC)c1OC. The molecule has 1 aliphatic carbocycles. The first-order valence-electron chi connectivity index (χ1n) is 9.47. The van der Waals surface area contributed by atoms with E-state index in [1.807, 2.05) is 0 Å². The van der Waals surface area contributed by atoms with Crippen LogP contribution in [0.2, 0.25) is 0 Å². The second-order valence-electron chi connectivity index (χ2n) is 6.88. The number of methoxy groups -OCH3 is 3. The van der Waals surface area contributed by atoms with Crippen molar-refractivity contribution in [3.63, 3.8) is 0 Å². The number of carbonyl (C=O) groups excluding carboxylic acids is 3. The minimum absolute atomic E-state index is 0.0401. The highest BCUT2D eigenvalue weighted by Crippen LogP contribution is 2.38. The standard InChI is InChI=1S/C20H28N2O7/c1-12-7-5-6-8-14(12)21-20(25)22-17(23)11-29-19(24)13-9-15(26-2)18(28-4)16(10-13)27-3/h9-10,12,14H,5-8,11H2,1-4H3,(H2,21,22,23,25)/t12-,14+/m1/s1. The Labute approximate surface area is 170 Å². The Morgan fingerprint density at radius 1 is 1.00 bits per heavy atom. The van der Waals surface area contributed by atoms with Crippen molar-refractivity contribution >= 4 is 17.9 Å². The van der Waals surface area contributed by atoms with E-state index >= 15 is 0 Å². The molecule has 0 radical (unpaired) electrons. The zero-order valence-electron chi connectivity index (χ0n) is 17.2. The Morgan fingerprint density at radius 2 is 1.62 bits per heavy atom. The van der Waals surface area contributed by atoms with E-state index in [1.54, 1.807) is 0 Å². The summed E-state index contributed by atoms with van der Waals surface area (Å²) in [6, 6.07) is 2.29. The lowest BCUT2D eigenvalue weighted by molar-refractivity contribution is -0.123. The lowest BCUT2D eigenvalue weighted by atomic mass is 9.86. The highest BCUT2D eigenvalue weighted by atomic mass is 16.5. The van der Waals surface area contributed by atoms with Crippen LogP contribution in [-0.2, 0) is 9.53 Å². The number of esters is 1. The Morgan fingerprint density at radius 3 is 2.17 bits per heavy atom. The molecular formula is C20H28N2O7. The lowest BCUT2D eigenvalue weighted by Crippen LogP contribution is -2.48. The van der Waals surface area contributed by atoms with Crippen LogP contribution in [0.5, 0.6) is 17.2 Å². The summed E-state index contributed by atoms with van der Waals surface area (Å²) in [7, 11) is 4.29. The highest BCUT2D eigenvalue weighted by molar-refractivity contribution is 5.97. The van der Waals surface area contributed by atoms with Gasteiger partial charge in [0.2, 0.25) is 5.75 Å². The van der Waals surface area contributed by atoms with Gasteiger partial charge in [-0.3, -0.25) is 10.1 Å². The van der Waals surface area contributed by atoms with E-state index < -0.39 is 24.5 Å². The van der Waals surface area contributed by atoms with Gasteiger partial charge in [0, 0.05) is 6.04 Å². The summed E-state index contributed by atoms with van der Waals surface area (Å²) in [4.78, 5) is 36.2. The van der Waals surface area contributed by atoms with E-state index in [0.717, 1.165) is 25.7 Å². The van der Waals surface area contributed by atoms with E-state index in [1.165, 1.54) is 33.5 Å². The van der Waals surface area contributed by atoms with Crippen LogP contribution in [-0.4, -0.2) is 51.9 Å². The molecule has 1 saturated carbocycles. The largest absolute Gasteiger partial charge is 0.493 e. The number of ether oxygens (including phenoxy) is 4. The number of imide groups is 1. The van der Waals surface area contributed by atoms with Gasteiger partial charge in [-0.05, 0) is 30.9 Å². The summed E-state index contributed by atoms with van der Waals surface area (Å²) in [5.74, 6) is -0.221. The van der Waals surface area contributed by atoms with Gasteiger partial charge in [0.05, 0.1) is 26.9 Å². The zero-order valence-corrected chi connectivity index (χ0v) is 17.2. The molecule has 9 nitrogen and oxygen atoms in total. The van der Waals surface area contributed by atoms with Crippen LogP contribution in [0.15, 0.2) is 12.1 Å². The van der Waals surface area contributed by atoms with Crippen LogP contribution < -0.4 is 24.8 Å². The molecule has 2 atom stereocenters. The number of rotatable bonds is 7. The molecule has 29 heavy (non-hydrogen) atoms. The Balaban J connectivity index is 1.89. The molecule has 9 heteroatoms. The Bertz CT molecular complexity index is 725. The normalized spacial score (nSPS) is 18.3. The molecule has 3 amide bonds. The molecule has 1 fully saturated rings. The van der Waals surface area contributed by atoms with E-state index in [9.17, 15) is 14.4 Å². The molecule has 1 aromatic carbocycles. The Kier molecular flexibility index (Phi) is 8.11. The Hall–Kier alpha value is -2.97. The number of nitrogens with one attached hydrogen (secondary N) is 2. The molecule has 160 valence electrons. The predicted octanol–water partition coefficient (Wildman–Crippen LogP) is 2.27. The van der Waals surface area contributed by atoms with Gasteiger partial charge >= 0.3 is 12.0 Å². The molecule has 0 spiro atoms. The maximum Gasteiger partial charge on any atom is 0.338 e. The molecule has 0 bridgehead atoms. The van der Waals surface area contributed by atoms with Crippen LogP contribution in [0.25, 0.3) is 0 Å². The fourth-order valence-electron chi connectivity index (χ4n) is 3.31. The zero-order chi connectivity index (χ0) is 21.4. The summed E-state index contributed by atoms with van der Waals surface area (Å²) >= 11 is 0. The maximum absolute atomic E-state index is 12.3. The van der Waals surface area contributed by atoms with E-state index in [4.69, 9.17) is 18.9 Å². The fourth-order valence-corrected chi connectivity index (χ4v) is 3.31. The molecular weight excluding hydrogens is 380 g/mol. The topological polar surface area (TPSA) is 112 Å². The third-order valence-corrected chi connectivity index (χ3v) is 4.92. The van der Waals surface area contributed by atoms with Crippen molar-refractivity contribution in [2.24, 2.45) is 5.92 Å². The van der Waals surface area contributed by atoms with Gasteiger partial charge in [0.1, 0.15) is 0 Å². The summed E-state index contributed by atoms with van der Waals surface area (Å²) in [5, 5.41) is 4.99. The predicted molar refractivity (Wildman–Crippen MR) is 104 cm³/mol. The van der Waals surface area contributed by atoms with Crippen LogP contribution in [0, 0.1) is 5.92 Å². The second-order valence-corrected chi connectivity index (χ2v) is 6.88. The first-order valence-corrected chi connectivity index (χ1v) is 9.47. The van der Waals surface area contributed by atoms with Crippen molar-refractivity contribution < 1.29 is 33.3 Å². The van der Waals surface area contributed by atoms with Gasteiger partial charge < -0.3 is 24.3 Å². The summed E-state index contributed by atoms with van der Waals surface area (Å²) in [5.41, 5.74) is 0.118. The summed E-state index contributed by atoms with van der Waals surface area (Å²) < 4.78 is 20.6. The van der Waals surface area contributed by atoms with Crippen molar-refractivity contribution in [2.45, 2.75) is 38.6 Å². The van der Waals surface area contributed by atoms with Crippen molar-refractivity contribution in [1.29, 1.82) is 0 Å². The van der Waals surface area contributed by atoms with Crippen molar-refractivity contribution in [3.8, 4) is 17.2 Å². The minimum Gasteiger partial charge on any atom is -0.493 e. The third kappa shape index (κ3) is 6.00. The highest BCUT2D eigenvalue weighted by Gasteiger charge is 2.24. The number of carbonyl (C=O) groups is 3. The van der Waals surface area contributed by atoms with Crippen molar-refractivity contribution in [1.82, 2.24) is 10.6 Å². The van der Waals surface area contributed by atoms with E-state index in [0.29, 0.717) is 11.7 Å². The van der Waals surface area contributed by atoms with Crippen LogP contribution in [0.3, 0.4) is 0 Å². The minimum atomic E-state index is -0.763. The monoisotopic (exact) mass is 408 g/mol. The van der Waals surface area contributed by atoms with E-state index in [-0.39, 0.29) is 23.1 Å². The average molecular weight is 408 g/mol. The third-order valence-electron chi connectivity index (χ3n) is 4.92. The smallest absolute Gasteiger partial charge is 0.338 e.